The molecule has 1 aliphatic heterocycles. The fourth-order valence-electron chi connectivity index (χ4n) is 2.66. The molecule has 23 heavy (non-hydrogen) atoms. The van der Waals surface area contributed by atoms with Gasteiger partial charge < -0.3 is 10.2 Å². The molecule has 118 valence electrons. The molecule has 0 unspecified atom stereocenters. The van der Waals surface area contributed by atoms with E-state index in [0.717, 1.165) is 17.7 Å². The highest BCUT2D eigenvalue weighted by Crippen LogP contribution is 2.23. The zero-order valence-electron chi connectivity index (χ0n) is 12.8. The van der Waals surface area contributed by atoms with Crippen LogP contribution in [0.2, 0.25) is 0 Å². The van der Waals surface area contributed by atoms with Gasteiger partial charge in [-0.15, -0.1) is 0 Å². The number of halogens is 1. The molecule has 4 nitrogen and oxygen atoms in total. The maximum atomic E-state index is 13.3. The first kappa shape index (κ1) is 15.2. The van der Waals surface area contributed by atoms with Crippen molar-refractivity contribution in [2.24, 2.45) is 0 Å². The number of hydrogen-bond acceptors (Lipinski definition) is 2. The molecule has 0 saturated carbocycles. The van der Waals surface area contributed by atoms with E-state index in [0.29, 0.717) is 24.2 Å². The summed E-state index contributed by atoms with van der Waals surface area (Å²) in [5, 5.41) is 2.71. The number of anilines is 2. The van der Waals surface area contributed by atoms with Gasteiger partial charge >= 0.3 is 0 Å². The van der Waals surface area contributed by atoms with Gasteiger partial charge in [-0.05, 0) is 49.2 Å². The molecule has 0 aliphatic carbocycles. The van der Waals surface area contributed by atoms with Crippen LogP contribution < -0.4 is 10.2 Å². The number of rotatable bonds is 3. The van der Waals surface area contributed by atoms with E-state index >= 15 is 0 Å². The minimum atomic E-state index is -0.401. The van der Waals surface area contributed by atoms with Gasteiger partial charge in [-0.1, -0.05) is 12.1 Å². The summed E-state index contributed by atoms with van der Waals surface area (Å²) in [5.74, 6) is -0.655. The fourth-order valence-corrected chi connectivity index (χ4v) is 2.66. The van der Waals surface area contributed by atoms with E-state index in [1.807, 2.05) is 6.07 Å². The maximum absolute atomic E-state index is 13.3. The summed E-state index contributed by atoms with van der Waals surface area (Å²) in [6, 6.07) is 11.2. The van der Waals surface area contributed by atoms with E-state index in [1.54, 1.807) is 36.1 Å². The lowest BCUT2D eigenvalue weighted by Crippen LogP contribution is -2.24. The predicted octanol–water partition coefficient (Wildman–Crippen LogP) is 3.51. The van der Waals surface area contributed by atoms with Crippen LogP contribution in [-0.2, 0) is 4.79 Å². The van der Waals surface area contributed by atoms with E-state index in [1.165, 1.54) is 12.1 Å². The first-order valence-corrected chi connectivity index (χ1v) is 7.52. The van der Waals surface area contributed by atoms with Crippen molar-refractivity contribution in [3.63, 3.8) is 0 Å². The molecule has 0 spiro atoms. The topological polar surface area (TPSA) is 49.4 Å². The predicted molar refractivity (Wildman–Crippen MR) is 87.1 cm³/mol. The van der Waals surface area contributed by atoms with Gasteiger partial charge in [0, 0.05) is 29.9 Å². The molecule has 2 aromatic rings. The highest BCUT2D eigenvalue weighted by Gasteiger charge is 2.22. The normalized spacial score (nSPS) is 14.2. The molecular formula is C18H17FN2O2. The third kappa shape index (κ3) is 3.23. The summed E-state index contributed by atoms with van der Waals surface area (Å²) >= 11 is 0. The quantitative estimate of drug-likeness (QED) is 0.943. The van der Waals surface area contributed by atoms with Gasteiger partial charge in [0.1, 0.15) is 5.82 Å². The zero-order valence-corrected chi connectivity index (χ0v) is 12.8. The molecule has 0 bridgehead atoms. The second kappa shape index (κ2) is 6.20. The van der Waals surface area contributed by atoms with Gasteiger partial charge in [0.25, 0.3) is 5.91 Å². The van der Waals surface area contributed by atoms with Crippen LogP contribution in [0, 0.1) is 12.7 Å². The molecule has 3 rings (SSSR count). The van der Waals surface area contributed by atoms with Crippen LogP contribution >= 0.6 is 0 Å². The SMILES string of the molecule is Cc1ccc(F)cc1NC(=O)c1cccc(N2CCCC2=O)c1. The number of carbonyl (C=O) groups excluding carboxylic acids is 2. The van der Waals surface area contributed by atoms with E-state index in [2.05, 4.69) is 5.32 Å². The largest absolute Gasteiger partial charge is 0.322 e. The number of carbonyl (C=O) groups is 2. The molecule has 1 heterocycles. The summed E-state index contributed by atoms with van der Waals surface area (Å²) in [7, 11) is 0. The Hall–Kier alpha value is -2.69. The van der Waals surface area contributed by atoms with E-state index < -0.39 is 5.82 Å². The van der Waals surface area contributed by atoms with Crippen LogP contribution in [0.25, 0.3) is 0 Å². The highest BCUT2D eigenvalue weighted by molar-refractivity contribution is 6.06. The second-order valence-electron chi connectivity index (χ2n) is 5.61. The fraction of sp³-hybridized carbons (Fsp3) is 0.222. The average Bonchev–Trinajstić information content (AvgIpc) is 2.97. The summed E-state index contributed by atoms with van der Waals surface area (Å²) < 4.78 is 13.3. The standard InChI is InChI=1S/C18H17FN2O2/c1-12-7-8-14(19)11-16(12)20-18(23)13-4-2-5-15(10-13)21-9-3-6-17(21)22/h2,4-5,7-8,10-11H,3,6,9H2,1H3,(H,20,23). The van der Waals surface area contributed by atoms with Crippen molar-refractivity contribution in [1.82, 2.24) is 0 Å². The number of amides is 2. The molecule has 1 N–H and O–H groups in total. The van der Waals surface area contributed by atoms with Crippen LogP contribution in [0.3, 0.4) is 0 Å². The Morgan fingerprint density at radius 3 is 2.78 bits per heavy atom. The first-order valence-electron chi connectivity index (χ1n) is 7.52. The number of aryl methyl sites for hydroxylation is 1. The van der Waals surface area contributed by atoms with E-state index in [9.17, 15) is 14.0 Å². The minimum Gasteiger partial charge on any atom is -0.322 e. The number of hydrogen-bond donors (Lipinski definition) is 1. The molecule has 1 aliphatic rings. The number of nitrogens with one attached hydrogen (secondary N) is 1. The number of nitrogens with zero attached hydrogens (tertiary/aromatic N) is 1. The first-order chi connectivity index (χ1) is 11.0. The van der Waals surface area contributed by atoms with Gasteiger partial charge in [-0.2, -0.15) is 0 Å². The summed E-state index contributed by atoms with van der Waals surface area (Å²) in [4.78, 5) is 25.9. The van der Waals surface area contributed by atoms with Crippen molar-refractivity contribution >= 4 is 23.2 Å². The minimum absolute atomic E-state index is 0.0727. The Kier molecular flexibility index (Phi) is 4.10. The molecule has 0 aromatic heterocycles. The maximum Gasteiger partial charge on any atom is 0.255 e. The van der Waals surface area contributed by atoms with Crippen LogP contribution in [0.1, 0.15) is 28.8 Å². The Morgan fingerprint density at radius 1 is 1.22 bits per heavy atom. The van der Waals surface area contributed by atoms with Gasteiger partial charge in [-0.25, -0.2) is 4.39 Å². The summed E-state index contributed by atoms with van der Waals surface area (Å²) in [5.41, 5.74) is 2.38. The Bertz CT molecular complexity index is 773. The van der Waals surface area contributed by atoms with Crippen molar-refractivity contribution < 1.29 is 14.0 Å². The lowest BCUT2D eigenvalue weighted by molar-refractivity contribution is -0.117. The Balaban J connectivity index is 1.82. The number of benzene rings is 2. The molecular weight excluding hydrogens is 295 g/mol. The van der Waals surface area contributed by atoms with Crippen molar-refractivity contribution in [2.75, 3.05) is 16.8 Å². The van der Waals surface area contributed by atoms with Crippen LogP contribution in [0.15, 0.2) is 42.5 Å². The Morgan fingerprint density at radius 2 is 2.04 bits per heavy atom. The molecule has 1 saturated heterocycles. The Labute approximate surface area is 133 Å². The van der Waals surface area contributed by atoms with Crippen molar-refractivity contribution in [1.29, 1.82) is 0 Å². The zero-order chi connectivity index (χ0) is 16.4. The van der Waals surface area contributed by atoms with E-state index in [-0.39, 0.29) is 11.8 Å². The van der Waals surface area contributed by atoms with Crippen molar-refractivity contribution in [2.45, 2.75) is 19.8 Å². The average molecular weight is 312 g/mol. The highest BCUT2D eigenvalue weighted by atomic mass is 19.1. The van der Waals surface area contributed by atoms with Crippen LogP contribution in [0.5, 0.6) is 0 Å². The van der Waals surface area contributed by atoms with Crippen LogP contribution in [-0.4, -0.2) is 18.4 Å². The van der Waals surface area contributed by atoms with Crippen LogP contribution in [0.4, 0.5) is 15.8 Å². The lowest BCUT2D eigenvalue weighted by atomic mass is 10.1. The van der Waals surface area contributed by atoms with Gasteiger partial charge in [0.15, 0.2) is 0 Å². The third-order valence-corrected chi connectivity index (χ3v) is 3.94. The van der Waals surface area contributed by atoms with Gasteiger partial charge in [-0.3, -0.25) is 9.59 Å². The van der Waals surface area contributed by atoms with Gasteiger partial charge in [0.05, 0.1) is 0 Å². The molecule has 1 fully saturated rings. The molecule has 2 amide bonds. The van der Waals surface area contributed by atoms with E-state index in [4.69, 9.17) is 0 Å². The monoisotopic (exact) mass is 312 g/mol. The molecule has 5 heteroatoms. The summed E-state index contributed by atoms with van der Waals surface area (Å²) in [6.45, 7) is 2.47. The van der Waals surface area contributed by atoms with Gasteiger partial charge in [0.2, 0.25) is 5.91 Å². The lowest BCUT2D eigenvalue weighted by Gasteiger charge is -2.16. The molecule has 2 aromatic carbocycles. The van der Waals surface area contributed by atoms with Crippen molar-refractivity contribution in [3.05, 3.63) is 59.4 Å². The molecule has 0 atom stereocenters. The second-order valence-corrected chi connectivity index (χ2v) is 5.61. The molecule has 0 radical (unpaired) electrons. The summed E-state index contributed by atoms with van der Waals surface area (Å²) in [6.07, 6.45) is 1.37. The third-order valence-electron chi connectivity index (χ3n) is 3.94. The smallest absolute Gasteiger partial charge is 0.255 e. The van der Waals surface area contributed by atoms with Crippen molar-refractivity contribution in [3.8, 4) is 0 Å².